The molecule has 0 spiro atoms. The molecule has 6 N–H and O–H groups in total. The van der Waals surface area contributed by atoms with Gasteiger partial charge in [-0.25, -0.2) is 4.79 Å². The van der Waals surface area contributed by atoms with Gasteiger partial charge in [-0.2, -0.15) is 0 Å². The van der Waals surface area contributed by atoms with Crippen molar-refractivity contribution in [3.63, 3.8) is 0 Å². The predicted octanol–water partition coefficient (Wildman–Crippen LogP) is -1.81. The van der Waals surface area contributed by atoms with Crippen molar-refractivity contribution in [1.82, 2.24) is 0 Å². The molecule has 0 unspecified atom stereocenters. The van der Waals surface area contributed by atoms with Crippen molar-refractivity contribution in [1.29, 1.82) is 0 Å². The van der Waals surface area contributed by atoms with Crippen LogP contribution >= 0.6 is 0 Å². The molecule has 0 aliphatic carbocycles. The van der Waals surface area contributed by atoms with Gasteiger partial charge in [-0.15, -0.1) is 0 Å². The summed E-state index contributed by atoms with van der Waals surface area (Å²) < 4.78 is 38.4. The molecule has 3 aromatic rings. The number of rotatable bonds is 7. The molecule has 2 aliphatic heterocycles. The number of aliphatic hydroxyl groups excluding tert-OH is 5. The molecule has 14 nitrogen and oxygen atoms in total. The lowest BCUT2D eigenvalue weighted by molar-refractivity contribution is -0.289. The molecule has 0 saturated carbocycles. The zero-order chi connectivity index (χ0) is 26.5. The predicted molar refractivity (Wildman–Crippen MR) is 120 cm³/mol. The Morgan fingerprint density at radius 3 is 2.46 bits per heavy atom. The Kier molecular flexibility index (Phi) is 6.86. The average Bonchev–Trinajstić information content (AvgIpc) is 3.49. The minimum absolute atomic E-state index is 0.0678. The minimum Gasteiger partial charge on any atom is -0.495 e. The third kappa shape index (κ3) is 4.35. The highest BCUT2D eigenvalue weighted by molar-refractivity contribution is 6.06. The van der Waals surface area contributed by atoms with Gasteiger partial charge in [0.1, 0.15) is 41.9 Å². The maximum atomic E-state index is 12.0. The molecular weight excluding hydrogens is 500 g/mol. The fourth-order valence-electron chi connectivity index (χ4n) is 4.40. The van der Waals surface area contributed by atoms with E-state index < -0.39 is 74.1 Å². The van der Waals surface area contributed by atoms with Gasteiger partial charge in [0.25, 0.3) is 0 Å². The number of hydrogen-bond donors (Lipinski definition) is 6. The van der Waals surface area contributed by atoms with Gasteiger partial charge in [0.05, 0.1) is 44.0 Å². The second-order valence-electron chi connectivity index (χ2n) is 8.87. The number of hydrogen-bond acceptors (Lipinski definition) is 14. The summed E-state index contributed by atoms with van der Waals surface area (Å²) in [6, 6.07) is 4.25. The van der Waals surface area contributed by atoms with Crippen LogP contribution in [0.25, 0.3) is 21.9 Å². The zero-order valence-corrected chi connectivity index (χ0v) is 19.4. The van der Waals surface area contributed by atoms with Crippen molar-refractivity contribution < 1.29 is 63.2 Å². The summed E-state index contributed by atoms with van der Waals surface area (Å²) in [5, 5.41) is 61.8. The van der Waals surface area contributed by atoms with E-state index in [1.165, 1.54) is 25.5 Å². The molecule has 202 valence electrons. The van der Waals surface area contributed by atoms with Crippen LogP contribution in [0, 0.1) is 0 Å². The SMILES string of the molecule is COc1c2ccoc2c(O[C@@H]2O[C@H](CO[C@@H]3OC[C@](O)(CO)[C@H]3O)[C@@H](O)[C@H](O)[C@H]2O)c2oc(=O)ccc12. The van der Waals surface area contributed by atoms with E-state index in [1.54, 1.807) is 6.07 Å². The van der Waals surface area contributed by atoms with Gasteiger partial charge in [-0.1, -0.05) is 0 Å². The third-order valence-electron chi connectivity index (χ3n) is 6.51. The van der Waals surface area contributed by atoms with Crippen molar-refractivity contribution in [3.05, 3.63) is 34.9 Å². The summed E-state index contributed by atoms with van der Waals surface area (Å²) >= 11 is 0. The molecule has 0 radical (unpaired) electrons. The van der Waals surface area contributed by atoms with E-state index >= 15 is 0 Å². The van der Waals surface area contributed by atoms with Crippen molar-refractivity contribution in [2.24, 2.45) is 0 Å². The molecule has 1 aromatic carbocycles. The lowest BCUT2D eigenvalue weighted by Crippen LogP contribution is -2.60. The molecule has 0 amide bonds. The van der Waals surface area contributed by atoms with Crippen molar-refractivity contribution >= 4 is 21.9 Å². The second kappa shape index (κ2) is 9.83. The van der Waals surface area contributed by atoms with Crippen LogP contribution in [0.15, 0.2) is 38.1 Å². The molecule has 2 aromatic heterocycles. The minimum atomic E-state index is -1.92. The number of benzene rings is 1. The van der Waals surface area contributed by atoms with E-state index in [2.05, 4.69) is 0 Å². The largest absolute Gasteiger partial charge is 0.495 e. The molecular formula is C23H26O14. The van der Waals surface area contributed by atoms with Crippen molar-refractivity contribution in [2.75, 3.05) is 26.9 Å². The van der Waals surface area contributed by atoms with Crippen LogP contribution in [0.1, 0.15) is 0 Å². The molecule has 14 heteroatoms. The highest BCUT2D eigenvalue weighted by Gasteiger charge is 2.50. The number of ether oxygens (including phenoxy) is 5. The first-order valence-corrected chi connectivity index (χ1v) is 11.3. The van der Waals surface area contributed by atoms with E-state index in [4.69, 9.17) is 32.5 Å². The van der Waals surface area contributed by atoms with Gasteiger partial charge in [-0.3, -0.25) is 0 Å². The summed E-state index contributed by atoms with van der Waals surface area (Å²) in [4.78, 5) is 12.0. The smallest absolute Gasteiger partial charge is 0.336 e. The monoisotopic (exact) mass is 526 g/mol. The Morgan fingerprint density at radius 2 is 1.76 bits per heavy atom. The lowest BCUT2D eigenvalue weighted by Gasteiger charge is -2.40. The van der Waals surface area contributed by atoms with E-state index in [1.807, 2.05) is 0 Å². The van der Waals surface area contributed by atoms with Crippen LogP contribution in [0.4, 0.5) is 0 Å². The quantitative estimate of drug-likeness (QED) is 0.188. The topological polar surface area (TPSA) is 211 Å². The van der Waals surface area contributed by atoms with E-state index in [9.17, 15) is 35.4 Å². The summed E-state index contributed by atoms with van der Waals surface area (Å²) in [5.41, 5.74) is -2.59. The lowest BCUT2D eigenvalue weighted by atomic mass is 9.99. The standard InChI is InChI=1S/C23H26O14/c1-31-16-9-2-3-12(25)36-18(9)19(17-10(16)4-5-32-17)37-21-15(28)14(27)13(26)11(35-21)6-33-22-20(29)23(30,7-24)8-34-22/h2-5,11,13-15,20-22,24,26-30H,6-8H2,1H3/t11-,13-,14+,15-,20+,21+,22-,23-/m1/s1. The third-order valence-corrected chi connectivity index (χ3v) is 6.51. The summed E-state index contributed by atoms with van der Waals surface area (Å²) in [6.07, 6.45) is -9.65. The number of methoxy groups -OCH3 is 1. The molecule has 5 rings (SSSR count). The average molecular weight is 526 g/mol. The summed E-state index contributed by atoms with van der Waals surface area (Å²) in [5.74, 6) is 0.225. The molecule has 2 fully saturated rings. The molecule has 2 aliphatic rings. The first-order chi connectivity index (χ1) is 17.7. The number of fused-ring (bicyclic) bond motifs is 2. The fourth-order valence-corrected chi connectivity index (χ4v) is 4.40. The number of furan rings is 1. The van der Waals surface area contributed by atoms with Gasteiger partial charge in [0.15, 0.2) is 17.5 Å². The second-order valence-corrected chi connectivity index (χ2v) is 8.87. The van der Waals surface area contributed by atoms with Gasteiger partial charge in [0.2, 0.25) is 12.0 Å². The Balaban J connectivity index is 1.42. The fraction of sp³-hybridized carbons (Fsp3) is 0.522. The highest BCUT2D eigenvalue weighted by Crippen LogP contribution is 2.43. The van der Waals surface area contributed by atoms with Crippen molar-refractivity contribution in [3.8, 4) is 11.5 Å². The van der Waals surface area contributed by atoms with Gasteiger partial charge in [0, 0.05) is 6.07 Å². The molecule has 2 saturated heterocycles. The molecule has 8 atom stereocenters. The van der Waals surface area contributed by atoms with Crippen molar-refractivity contribution in [2.45, 2.75) is 48.7 Å². The Hall–Kier alpha value is -2.79. The van der Waals surface area contributed by atoms with E-state index in [0.29, 0.717) is 16.5 Å². The van der Waals surface area contributed by atoms with Crippen LogP contribution in [-0.4, -0.2) is 106 Å². The Bertz CT molecular complexity index is 1320. The van der Waals surface area contributed by atoms with E-state index in [-0.39, 0.29) is 16.9 Å². The van der Waals surface area contributed by atoms with Crippen LogP contribution in [-0.2, 0) is 14.2 Å². The Labute approximate surface area is 207 Å². The molecule has 0 bridgehead atoms. The highest BCUT2D eigenvalue weighted by atomic mass is 16.7. The van der Waals surface area contributed by atoms with Gasteiger partial charge >= 0.3 is 5.63 Å². The van der Waals surface area contributed by atoms with E-state index in [0.717, 1.165) is 0 Å². The van der Waals surface area contributed by atoms with Crippen LogP contribution in [0.2, 0.25) is 0 Å². The van der Waals surface area contributed by atoms with Crippen LogP contribution in [0.3, 0.4) is 0 Å². The summed E-state index contributed by atoms with van der Waals surface area (Å²) in [7, 11) is 1.43. The van der Waals surface area contributed by atoms with Gasteiger partial charge in [-0.05, 0) is 12.1 Å². The maximum absolute atomic E-state index is 12.0. The zero-order valence-electron chi connectivity index (χ0n) is 19.4. The molecule has 37 heavy (non-hydrogen) atoms. The first kappa shape index (κ1) is 25.8. The number of aliphatic hydroxyl groups is 6. The van der Waals surface area contributed by atoms with Gasteiger partial charge < -0.3 is 63.2 Å². The first-order valence-electron chi connectivity index (χ1n) is 11.3. The maximum Gasteiger partial charge on any atom is 0.336 e. The normalized spacial score (nSPS) is 34.3. The Morgan fingerprint density at radius 1 is 1.00 bits per heavy atom. The van der Waals surface area contributed by atoms with Crippen LogP contribution < -0.4 is 15.1 Å². The van der Waals surface area contributed by atoms with Crippen LogP contribution in [0.5, 0.6) is 11.5 Å². The summed E-state index contributed by atoms with van der Waals surface area (Å²) in [6.45, 7) is -1.64. The molecule has 4 heterocycles.